The van der Waals surface area contributed by atoms with Crippen LogP contribution in [0.1, 0.15) is 68.6 Å². The predicted molar refractivity (Wildman–Crippen MR) is 106 cm³/mol. The molecular weight excluding hydrogens is 360 g/mol. The van der Waals surface area contributed by atoms with Crippen LogP contribution in [-0.2, 0) is 20.3 Å². The van der Waals surface area contributed by atoms with E-state index in [0.717, 1.165) is 33.5 Å². The quantitative estimate of drug-likeness (QED) is 0.586. The molecule has 1 aromatic carbocycles. The van der Waals surface area contributed by atoms with Gasteiger partial charge in [-0.15, -0.1) is 0 Å². The first-order chi connectivity index (χ1) is 13.0. The van der Waals surface area contributed by atoms with E-state index in [4.69, 9.17) is 26.1 Å². The molecule has 1 spiro atoms. The van der Waals surface area contributed by atoms with Crippen LogP contribution in [0.3, 0.4) is 0 Å². The average Bonchev–Trinajstić information content (AvgIpc) is 2.61. The third kappa shape index (κ3) is 2.15. The molecule has 5 fully saturated rings. The van der Waals surface area contributed by atoms with Crippen molar-refractivity contribution in [3.05, 3.63) is 40.4 Å². The molecular formula is C23H29ClO3. The number of rotatable bonds is 4. The Balaban J connectivity index is 1.66. The predicted octanol–water partition coefficient (Wildman–Crippen LogP) is 6.06. The summed E-state index contributed by atoms with van der Waals surface area (Å²) in [6, 6.07) is 4.15. The van der Waals surface area contributed by atoms with E-state index in [2.05, 4.69) is 32.6 Å². The number of halogens is 1. The van der Waals surface area contributed by atoms with Crippen molar-refractivity contribution in [2.45, 2.75) is 63.3 Å². The fourth-order valence-corrected chi connectivity index (χ4v) is 7.47. The SMILES string of the molecule is C=Cc1ccc(C2(OC)OOC23C2CC4CC(C2)CC3C4)c(Cl)c1C(C)C. The summed E-state index contributed by atoms with van der Waals surface area (Å²) in [7, 11) is 1.74. The second kappa shape index (κ2) is 6.06. The van der Waals surface area contributed by atoms with Gasteiger partial charge in [-0.05, 0) is 72.8 Å². The molecule has 0 radical (unpaired) electrons. The fraction of sp³-hybridized carbons (Fsp3) is 0.652. The van der Waals surface area contributed by atoms with E-state index >= 15 is 0 Å². The van der Waals surface area contributed by atoms with Crippen molar-refractivity contribution < 1.29 is 14.5 Å². The van der Waals surface area contributed by atoms with E-state index in [9.17, 15) is 0 Å². The lowest BCUT2D eigenvalue weighted by molar-refractivity contribution is -0.645. The zero-order valence-corrected chi connectivity index (χ0v) is 17.2. The van der Waals surface area contributed by atoms with Crippen LogP contribution in [0.15, 0.2) is 18.7 Å². The highest BCUT2D eigenvalue weighted by molar-refractivity contribution is 6.32. The highest BCUT2D eigenvalue weighted by Crippen LogP contribution is 2.69. The van der Waals surface area contributed by atoms with Gasteiger partial charge in [-0.1, -0.05) is 50.2 Å². The average molecular weight is 389 g/mol. The number of hydrogen-bond acceptors (Lipinski definition) is 3. The fourth-order valence-electron chi connectivity index (χ4n) is 6.96. The van der Waals surface area contributed by atoms with Crippen LogP contribution in [-0.4, -0.2) is 12.7 Å². The summed E-state index contributed by atoms with van der Waals surface area (Å²) >= 11 is 7.00. The minimum atomic E-state index is -0.907. The van der Waals surface area contributed by atoms with Crippen LogP contribution >= 0.6 is 11.6 Å². The smallest absolute Gasteiger partial charge is 0.262 e. The van der Waals surface area contributed by atoms with Crippen molar-refractivity contribution in [2.24, 2.45) is 23.7 Å². The number of methoxy groups -OCH3 is 1. The van der Waals surface area contributed by atoms with Gasteiger partial charge in [0, 0.05) is 12.7 Å². The number of benzene rings is 1. The minimum Gasteiger partial charge on any atom is -0.345 e. The first-order valence-corrected chi connectivity index (χ1v) is 10.7. The summed E-state index contributed by atoms with van der Waals surface area (Å²) in [6.45, 7) is 8.28. The Morgan fingerprint density at radius 2 is 1.74 bits per heavy atom. The Bertz CT molecular complexity index is 754. The molecule has 1 heterocycles. The standard InChI is InChI=1S/C23H29ClO3/c1-5-16-6-7-19(21(24)20(16)13(2)3)23(25-4)22(26-27-23)17-9-14-8-15(11-17)12-18(22)10-14/h5-7,13-15,17-18H,1,8-12H2,2-4H3. The normalized spacial score (nSPS) is 42.0. The number of ether oxygens (including phenoxy) is 1. The van der Waals surface area contributed by atoms with Gasteiger partial charge in [0.1, 0.15) is 0 Å². The molecule has 1 aliphatic heterocycles. The van der Waals surface area contributed by atoms with E-state index in [1.807, 2.05) is 6.08 Å². The first-order valence-electron chi connectivity index (χ1n) is 10.3. The lowest BCUT2D eigenvalue weighted by atomic mass is 9.47. The molecule has 27 heavy (non-hydrogen) atoms. The summed E-state index contributed by atoms with van der Waals surface area (Å²) in [6.07, 6.45) is 8.17. The molecule has 1 atom stereocenters. The van der Waals surface area contributed by atoms with Crippen LogP contribution < -0.4 is 0 Å². The van der Waals surface area contributed by atoms with Gasteiger partial charge in [0.25, 0.3) is 5.79 Å². The topological polar surface area (TPSA) is 27.7 Å². The van der Waals surface area contributed by atoms with Gasteiger partial charge in [-0.3, -0.25) is 0 Å². The molecule has 4 saturated carbocycles. The summed E-state index contributed by atoms with van der Waals surface area (Å²) in [5.74, 6) is 2.05. The van der Waals surface area contributed by atoms with Gasteiger partial charge in [-0.2, -0.15) is 4.89 Å². The second-order valence-electron chi connectivity index (χ2n) is 9.37. The summed E-state index contributed by atoms with van der Waals surface area (Å²) in [5, 5.41) is 0.737. The van der Waals surface area contributed by atoms with E-state index in [1.54, 1.807) is 7.11 Å². The molecule has 0 amide bonds. The Morgan fingerprint density at radius 3 is 2.19 bits per heavy atom. The first kappa shape index (κ1) is 18.2. The highest BCUT2D eigenvalue weighted by Gasteiger charge is 2.76. The zero-order chi connectivity index (χ0) is 19.0. The lowest BCUT2D eigenvalue weighted by Crippen LogP contribution is -2.76. The highest BCUT2D eigenvalue weighted by atomic mass is 35.5. The maximum absolute atomic E-state index is 7.00. The maximum Gasteiger partial charge on any atom is 0.262 e. The Kier molecular flexibility index (Phi) is 4.08. The van der Waals surface area contributed by atoms with E-state index in [-0.39, 0.29) is 5.92 Å². The molecule has 4 aliphatic carbocycles. The molecule has 146 valence electrons. The van der Waals surface area contributed by atoms with Crippen molar-refractivity contribution >= 4 is 17.7 Å². The van der Waals surface area contributed by atoms with Crippen LogP contribution in [0.2, 0.25) is 5.02 Å². The minimum absolute atomic E-state index is 0.287. The van der Waals surface area contributed by atoms with Crippen molar-refractivity contribution in [2.75, 3.05) is 7.11 Å². The molecule has 1 saturated heterocycles. The monoisotopic (exact) mass is 388 g/mol. The maximum atomic E-state index is 7.00. The van der Waals surface area contributed by atoms with Crippen molar-refractivity contribution in [3.63, 3.8) is 0 Å². The number of hydrogen-bond donors (Lipinski definition) is 0. The molecule has 4 bridgehead atoms. The molecule has 0 aromatic heterocycles. The van der Waals surface area contributed by atoms with Crippen molar-refractivity contribution in [1.82, 2.24) is 0 Å². The molecule has 6 rings (SSSR count). The lowest BCUT2D eigenvalue weighted by Gasteiger charge is -2.68. The molecule has 1 aromatic rings. The third-order valence-corrected chi connectivity index (χ3v) is 8.22. The summed E-state index contributed by atoms with van der Waals surface area (Å²) in [5.41, 5.74) is 2.70. The molecule has 0 N–H and O–H groups in total. The van der Waals surface area contributed by atoms with Gasteiger partial charge in [-0.25, -0.2) is 4.89 Å². The van der Waals surface area contributed by atoms with Crippen LogP contribution in [0.25, 0.3) is 6.08 Å². The Labute approximate surface area is 166 Å². The molecule has 5 aliphatic rings. The van der Waals surface area contributed by atoms with E-state index in [0.29, 0.717) is 11.8 Å². The zero-order valence-electron chi connectivity index (χ0n) is 16.5. The molecule has 1 unspecified atom stereocenters. The second-order valence-corrected chi connectivity index (χ2v) is 9.75. The van der Waals surface area contributed by atoms with E-state index in [1.165, 1.54) is 32.1 Å². The van der Waals surface area contributed by atoms with Gasteiger partial charge >= 0.3 is 0 Å². The summed E-state index contributed by atoms with van der Waals surface area (Å²) in [4.78, 5) is 12.0. The van der Waals surface area contributed by atoms with Crippen LogP contribution in [0.5, 0.6) is 0 Å². The van der Waals surface area contributed by atoms with E-state index < -0.39 is 11.4 Å². The van der Waals surface area contributed by atoms with Crippen LogP contribution in [0, 0.1) is 23.7 Å². The van der Waals surface area contributed by atoms with Crippen molar-refractivity contribution in [3.8, 4) is 0 Å². The van der Waals surface area contributed by atoms with Gasteiger partial charge in [0.2, 0.25) is 0 Å². The largest absolute Gasteiger partial charge is 0.345 e. The van der Waals surface area contributed by atoms with Gasteiger partial charge in [0.05, 0.1) is 5.02 Å². The summed E-state index contributed by atoms with van der Waals surface area (Å²) < 4.78 is 6.17. The molecule has 4 heteroatoms. The third-order valence-electron chi connectivity index (χ3n) is 7.82. The van der Waals surface area contributed by atoms with Crippen LogP contribution in [0.4, 0.5) is 0 Å². The Hall–Kier alpha value is -0.870. The van der Waals surface area contributed by atoms with Gasteiger partial charge < -0.3 is 4.74 Å². The van der Waals surface area contributed by atoms with Crippen molar-refractivity contribution in [1.29, 1.82) is 0 Å². The molecule has 3 nitrogen and oxygen atoms in total. The van der Waals surface area contributed by atoms with Gasteiger partial charge in [0.15, 0.2) is 5.60 Å². The Morgan fingerprint density at radius 1 is 1.11 bits per heavy atom.